The van der Waals surface area contributed by atoms with E-state index in [9.17, 15) is 8.42 Å². The number of benzene rings is 1. The van der Waals surface area contributed by atoms with Gasteiger partial charge in [-0.15, -0.1) is 12.4 Å². The molecule has 1 fully saturated rings. The van der Waals surface area contributed by atoms with Crippen LogP contribution in [0.3, 0.4) is 0 Å². The van der Waals surface area contributed by atoms with Crippen LogP contribution in [0.5, 0.6) is 0 Å². The maximum absolute atomic E-state index is 12.8. The van der Waals surface area contributed by atoms with Gasteiger partial charge in [-0.05, 0) is 30.0 Å². The van der Waals surface area contributed by atoms with Gasteiger partial charge >= 0.3 is 0 Å². The van der Waals surface area contributed by atoms with Gasteiger partial charge in [-0.1, -0.05) is 25.1 Å². The fourth-order valence-corrected chi connectivity index (χ4v) is 4.32. The van der Waals surface area contributed by atoms with Crippen LogP contribution in [0, 0.1) is 5.41 Å². The van der Waals surface area contributed by atoms with Gasteiger partial charge in [-0.25, -0.2) is 8.42 Å². The Hall–Kier alpha value is -0.660. The molecule has 1 aromatic rings. The molecule has 1 heterocycles. The third kappa shape index (κ3) is 3.76. The lowest BCUT2D eigenvalue weighted by atomic mass is 9.90. The van der Waals surface area contributed by atoms with Crippen molar-refractivity contribution in [3.05, 3.63) is 29.8 Å². The monoisotopic (exact) mass is 334 g/mol. The maximum atomic E-state index is 12.8. The van der Waals surface area contributed by atoms with Crippen LogP contribution < -0.4 is 5.73 Å². The van der Waals surface area contributed by atoms with Crippen molar-refractivity contribution in [2.24, 2.45) is 11.1 Å². The minimum absolute atomic E-state index is 0. The summed E-state index contributed by atoms with van der Waals surface area (Å²) >= 11 is 0. The summed E-state index contributed by atoms with van der Waals surface area (Å²) in [5.41, 5.74) is 6.32. The van der Waals surface area contributed by atoms with Crippen molar-refractivity contribution in [3.63, 3.8) is 0 Å². The fourth-order valence-electron chi connectivity index (χ4n) is 2.52. The third-order valence-corrected chi connectivity index (χ3v) is 5.85. The highest BCUT2D eigenvalue weighted by molar-refractivity contribution is 7.89. The van der Waals surface area contributed by atoms with Crippen molar-refractivity contribution in [2.75, 3.05) is 26.7 Å². The number of nitrogens with zero attached hydrogens (tertiary/aromatic N) is 1. The normalized spacial score (nSPS) is 23.0. The molecule has 0 radical (unpaired) electrons. The van der Waals surface area contributed by atoms with E-state index < -0.39 is 10.0 Å². The van der Waals surface area contributed by atoms with Crippen molar-refractivity contribution >= 4 is 22.4 Å². The molecule has 21 heavy (non-hydrogen) atoms. The van der Waals surface area contributed by atoms with Crippen LogP contribution >= 0.6 is 12.4 Å². The van der Waals surface area contributed by atoms with Gasteiger partial charge in [0.05, 0.1) is 11.5 Å². The molecule has 0 bridgehead atoms. The van der Waals surface area contributed by atoms with Crippen LogP contribution in [0.2, 0.25) is 0 Å². The predicted molar refractivity (Wildman–Crippen MR) is 84.9 cm³/mol. The number of nitrogens with two attached hydrogens (primary N) is 1. The van der Waals surface area contributed by atoms with Crippen molar-refractivity contribution < 1.29 is 13.2 Å². The minimum Gasteiger partial charge on any atom is -0.380 e. The fraction of sp³-hybridized carbons (Fsp3) is 0.571. The Kier molecular flexibility index (Phi) is 6.19. The second-order valence-corrected chi connectivity index (χ2v) is 7.55. The summed E-state index contributed by atoms with van der Waals surface area (Å²) < 4.78 is 32.1. The van der Waals surface area contributed by atoms with Crippen LogP contribution in [0.1, 0.15) is 18.9 Å². The zero-order chi connectivity index (χ0) is 14.8. The molecule has 2 N–H and O–H groups in total. The molecule has 0 spiro atoms. The number of halogens is 1. The number of rotatable bonds is 5. The Balaban J connectivity index is 0.00000220. The Labute approximate surface area is 132 Å². The van der Waals surface area contributed by atoms with Gasteiger partial charge in [-0.2, -0.15) is 4.31 Å². The average molecular weight is 335 g/mol. The molecular weight excluding hydrogens is 312 g/mol. The summed E-state index contributed by atoms with van der Waals surface area (Å²) in [7, 11) is -1.91. The number of ether oxygens (including phenoxy) is 1. The van der Waals surface area contributed by atoms with Crippen molar-refractivity contribution in [2.45, 2.75) is 24.8 Å². The second-order valence-electron chi connectivity index (χ2n) is 5.64. The number of sulfonamides is 1. The van der Waals surface area contributed by atoms with Gasteiger partial charge in [0.1, 0.15) is 0 Å². The third-order valence-electron chi connectivity index (χ3n) is 3.91. The van der Waals surface area contributed by atoms with E-state index >= 15 is 0 Å². The lowest BCUT2D eigenvalue weighted by Gasteiger charge is -2.23. The van der Waals surface area contributed by atoms with E-state index in [1.807, 2.05) is 13.0 Å². The van der Waals surface area contributed by atoms with Gasteiger partial charge in [0.25, 0.3) is 0 Å². The molecule has 0 amide bonds. The van der Waals surface area contributed by atoms with Crippen molar-refractivity contribution in [1.82, 2.24) is 4.31 Å². The largest absolute Gasteiger partial charge is 0.380 e. The molecule has 0 aliphatic carbocycles. The van der Waals surface area contributed by atoms with Crippen LogP contribution in [-0.2, 0) is 21.4 Å². The first-order valence-corrected chi connectivity index (χ1v) is 8.14. The molecule has 1 aliphatic heterocycles. The quantitative estimate of drug-likeness (QED) is 0.888. The number of hydrogen-bond acceptors (Lipinski definition) is 4. The van der Waals surface area contributed by atoms with Gasteiger partial charge in [0, 0.05) is 20.2 Å². The molecule has 2 rings (SSSR count). The highest BCUT2D eigenvalue weighted by atomic mass is 35.5. The van der Waals surface area contributed by atoms with Crippen molar-refractivity contribution in [1.29, 1.82) is 0 Å². The van der Waals surface area contributed by atoms with Gasteiger partial charge < -0.3 is 10.5 Å². The lowest BCUT2D eigenvalue weighted by Crippen LogP contribution is -2.34. The molecule has 7 heteroatoms. The average Bonchev–Trinajstić information content (AvgIpc) is 2.84. The topological polar surface area (TPSA) is 72.6 Å². The highest BCUT2D eigenvalue weighted by Gasteiger charge is 2.39. The smallest absolute Gasteiger partial charge is 0.243 e. The molecule has 5 nitrogen and oxygen atoms in total. The number of methoxy groups -OCH3 is 1. The summed E-state index contributed by atoms with van der Waals surface area (Å²) in [6.07, 6.45) is 0.801. The molecule has 1 aromatic carbocycles. The lowest BCUT2D eigenvalue weighted by molar-refractivity contribution is 0.182. The summed E-state index contributed by atoms with van der Waals surface area (Å²) in [5.74, 6) is 0. The second kappa shape index (κ2) is 7.07. The van der Waals surface area contributed by atoms with E-state index in [2.05, 4.69) is 0 Å². The molecule has 0 aromatic heterocycles. The van der Waals surface area contributed by atoms with E-state index in [4.69, 9.17) is 10.5 Å². The van der Waals surface area contributed by atoms with Gasteiger partial charge in [0.15, 0.2) is 0 Å². The van der Waals surface area contributed by atoms with Gasteiger partial charge in [0.2, 0.25) is 10.0 Å². The first-order chi connectivity index (χ1) is 9.43. The SMILES string of the molecule is COCc1ccccc1S(=O)(=O)N1CCC(C)(CN)C1.Cl. The molecule has 120 valence electrons. The van der Waals surface area contributed by atoms with Crippen LogP contribution in [0.25, 0.3) is 0 Å². The Morgan fingerprint density at radius 1 is 1.38 bits per heavy atom. The molecule has 1 unspecified atom stereocenters. The summed E-state index contributed by atoms with van der Waals surface area (Å²) in [6.45, 7) is 3.82. The summed E-state index contributed by atoms with van der Waals surface area (Å²) in [6, 6.07) is 6.99. The zero-order valence-corrected chi connectivity index (χ0v) is 14.0. The molecule has 1 saturated heterocycles. The van der Waals surface area contributed by atoms with Crippen LogP contribution in [0.4, 0.5) is 0 Å². The van der Waals surface area contributed by atoms with Crippen LogP contribution in [-0.4, -0.2) is 39.5 Å². The highest BCUT2D eigenvalue weighted by Crippen LogP contribution is 2.33. The summed E-state index contributed by atoms with van der Waals surface area (Å²) in [5, 5.41) is 0. The number of hydrogen-bond donors (Lipinski definition) is 1. The predicted octanol–water partition coefficient (Wildman–Crippen LogP) is 1.61. The van der Waals surface area contributed by atoms with E-state index in [-0.39, 0.29) is 24.4 Å². The van der Waals surface area contributed by atoms with E-state index in [0.717, 1.165) is 6.42 Å². The zero-order valence-electron chi connectivity index (χ0n) is 12.4. The summed E-state index contributed by atoms with van der Waals surface area (Å²) in [4.78, 5) is 0.336. The molecule has 0 saturated carbocycles. The molecule has 1 atom stereocenters. The molecular formula is C14H23ClN2O3S. The minimum atomic E-state index is -3.47. The Morgan fingerprint density at radius 3 is 2.62 bits per heavy atom. The van der Waals surface area contributed by atoms with E-state index in [1.165, 1.54) is 4.31 Å². The van der Waals surface area contributed by atoms with Crippen molar-refractivity contribution in [3.8, 4) is 0 Å². The van der Waals surface area contributed by atoms with Gasteiger partial charge in [-0.3, -0.25) is 0 Å². The first-order valence-electron chi connectivity index (χ1n) is 6.70. The first kappa shape index (κ1) is 18.4. The maximum Gasteiger partial charge on any atom is 0.243 e. The Bertz CT molecular complexity index is 579. The van der Waals surface area contributed by atoms with E-state index in [0.29, 0.717) is 30.1 Å². The Morgan fingerprint density at radius 2 is 2.05 bits per heavy atom. The van der Waals surface area contributed by atoms with E-state index in [1.54, 1.807) is 25.3 Å². The molecule has 1 aliphatic rings. The van der Waals surface area contributed by atoms with Crippen LogP contribution in [0.15, 0.2) is 29.2 Å². The standard InChI is InChI=1S/C14H22N2O3S.ClH/c1-14(10-15)7-8-16(11-14)20(17,18)13-6-4-3-5-12(13)9-19-2;/h3-6H,7-11,15H2,1-2H3;1H.